The maximum atomic E-state index is 3.76. The molecule has 0 aliphatic carbocycles. The molecule has 1 aromatic carbocycles. The van der Waals surface area contributed by atoms with E-state index in [4.69, 9.17) is 0 Å². The Bertz CT molecular complexity index is 372. The van der Waals surface area contributed by atoms with E-state index in [1.54, 1.807) is 0 Å². The Balaban J connectivity index is 3.01. The molecule has 3 heteroatoms. The predicted octanol–water partition coefficient (Wildman–Crippen LogP) is 3.32. The average Bonchev–Trinajstić information content (AvgIpc) is 2.37. The molecule has 3 N–H and O–H groups in total. The third kappa shape index (κ3) is 3.41. The monoisotopic (exact) mass is 233 g/mol. The molecule has 0 saturated carbocycles. The Hall–Kier alpha value is -1.64. The average molecular weight is 233 g/mol. The van der Waals surface area contributed by atoms with E-state index in [1.165, 1.54) is 11.3 Å². The summed E-state index contributed by atoms with van der Waals surface area (Å²) in [6.45, 7) is 3.76. The minimum Gasteiger partial charge on any atom is -0.388 e. The molecule has 0 atom stereocenters. The van der Waals surface area contributed by atoms with Crippen LogP contribution in [0.25, 0.3) is 0 Å². The summed E-state index contributed by atoms with van der Waals surface area (Å²) < 4.78 is 0. The molecule has 3 nitrogen and oxygen atoms in total. The minimum atomic E-state index is 1.06. The van der Waals surface area contributed by atoms with Crippen LogP contribution in [-0.4, -0.2) is 21.1 Å². The summed E-state index contributed by atoms with van der Waals surface area (Å²) in [6.07, 6.45) is 5.22. The molecule has 0 fully saturated rings. The van der Waals surface area contributed by atoms with Crippen LogP contribution in [0.4, 0.5) is 17.1 Å². The van der Waals surface area contributed by atoms with E-state index in [0.717, 1.165) is 30.6 Å². The summed E-state index contributed by atoms with van der Waals surface area (Å²) in [7, 11) is 5.86. The van der Waals surface area contributed by atoms with Gasteiger partial charge in [0.15, 0.2) is 0 Å². The summed E-state index contributed by atoms with van der Waals surface area (Å²) >= 11 is 0. The van der Waals surface area contributed by atoms with Crippen molar-refractivity contribution in [1.82, 2.24) is 0 Å². The largest absolute Gasteiger partial charge is 0.388 e. The zero-order valence-corrected chi connectivity index (χ0v) is 11.1. The topological polar surface area (TPSA) is 36.1 Å². The predicted molar refractivity (Wildman–Crippen MR) is 78.2 cm³/mol. The van der Waals surface area contributed by atoms with Gasteiger partial charge in [0.25, 0.3) is 0 Å². The van der Waals surface area contributed by atoms with Gasteiger partial charge in [-0.2, -0.15) is 0 Å². The molecule has 0 spiro atoms. The van der Waals surface area contributed by atoms with Gasteiger partial charge in [-0.05, 0) is 37.0 Å². The number of benzene rings is 1. The first kappa shape index (κ1) is 13.4. The van der Waals surface area contributed by atoms with Crippen molar-refractivity contribution < 1.29 is 0 Å². The smallest absolute Gasteiger partial charge is 0.0607 e. The normalized spacial score (nSPS) is 9.82. The second-order valence-electron chi connectivity index (χ2n) is 3.99. The maximum absolute atomic E-state index is 3.76. The summed E-state index contributed by atoms with van der Waals surface area (Å²) in [4.78, 5) is 0. The van der Waals surface area contributed by atoms with Gasteiger partial charge >= 0.3 is 0 Å². The summed E-state index contributed by atoms with van der Waals surface area (Å²) in [5.74, 6) is 0. The van der Waals surface area contributed by atoms with Gasteiger partial charge in [0.05, 0.1) is 11.4 Å². The van der Waals surface area contributed by atoms with Crippen molar-refractivity contribution in [3.8, 4) is 0 Å². The minimum absolute atomic E-state index is 1.06. The van der Waals surface area contributed by atoms with Gasteiger partial charge in [0.2, 0.25) is 0 Å². The molecule has 0 aromatic heterocycles. The van der Waals surface area contributed by atoms with E-state index in [0.29, 0.717) is 0 Å². The van der Waals surface area contributed by atoms with Crippen LogP contribution in [0.1, 0.15) is 18.4 Å². The summed E-state index contributed by atoms with van der Waals surface area (Å²) in [5.41, 5.74) is 4.80. The number of aryl methyl sites for hydroxylation is 1. The van der Waals surface area contributed by atoms with E-state index in [-0.39, 0.29) is 0 Å². The fraction of sp³-hybridized carbons (Fsp3) is 0.429. The Morgan fingerprint density at radius 1 is 1.12 bits per heavy atom. The summed E-state index contributed by atoms with van der Waals surface area (Å²) in [5, 5.41) is 9.70. The van der Waals surface area contributed by atoms with E-state index in [2.05, 4.69) is 34.7 Å². The van der Waals surface area contributed by atoms with E-state index in [1.807, 2.05) is 27.2 Å². The zero-order valence-electron chi connectivity index (χ0n) is 11.1. The lowest BCUT2D eigenvalue weighted by molar-refractivity contribution is 0.845. The highest BCUT2D eigenvalue weighted by molar-refractivity contribution is 5.77. The van der Waals surface area contributed by atoms with Crippen LogP contribution < -0.4 is 16.0 Å². The summed E-state index contributed by atoms with van der Waals surface area (Å²) in [6, 6.07) is 4.32. The molecule has 0 saturated heterocycles. The number of hydrogen-bond donors (Lipinski definition) is 3. The molecule has 0 heterocycles. The Kier molecular flexibility index (Phi) is 5.40. The molecule has 0 amide bonds. The number of hydrogen-bond acceptors (Lipinski definition) is 3. The van der Waals surface area contributed by atoms with E-state index >= 15 is 0 Å². The zero-order chi connectivity index (χ0) is 12.7. The van der Waals surface area contributed by atoms with Gasteiger partial charge in [0.1, 0.15) is 0 Å². The highest BCUT2D eigenvalue weighted by atomic mass is 14.9. The number of anilines is 3. The SMILES string of the molecule is C=CCCCc1cc(NC)cc(NC)c1NC. The highest BCUT2D eigenvalue weighted by Crippen LogP contribution is 2.31. The third-order valence-corrected chi connectivity index (χ3v) is 2.88. The molecular formula is C14H23N3. The first-order chi connectivity index (χ1) is 8.26. The molecule has 17 heavy (non-hydrogen) atoms. The Morgan fingerprint density at radius 2 is 1.88 bits per heavy atom. The molecule has 1 rings (SSSR count). The van der Waals surface area contributed by atoms with Crippen LogP contribution in [0.15, 0.2) is 24.8 Å². The van der Waals surface area contributed by atoms with E-state index in [9.17, 15) is 0 Å². The second-order valence-corrected chi connectivity index (χ2v) is 3.99. The first-order valence-electron chi connectivity index (χ1n) is 6.07. The molecular weight excluding hydrogens is 210 g/mol. The number of allylic oxidation sites excluding steroid dienone is 1. The quantitative estimate of drug-likeness (QED) is 0.499. The Morgan fingerprint density at radius 3 is 2.41 bits per heavy atom. The van der Waals surface area contributed by atoms with Crippen molar-refractivity contribution in [3.05, 3.63) is 30.4 Å². The van der Waals surface area contributed by atoms with Gasteiger partial charge in [-0.15, -0.1) is 6.58 Å². The molecule has 0 aliphatic rings. The highest BCUT2D eigenvalue weighted by Gasteiger charge is 2.08. The van der Waals surface area contributed by atoms with Crippen molar-refractivity contribution in [1.29, 1.82) is 0 Å². The van der Waals surface area contributed by atoms with E-state index < -0.39 is 0 Å². The van der Waals surface area contributed by atoms with Crippen LogP contribution in [-0.2, 0) is 6.42 Å². The van der Waals surface area contributed by atoms with Crippen LogP contribution in [0.5, 0.6) is 0 Å². The van der Waals surface area contributed by atoms with Crippen LogP contribution in [0.3, 0.4) is 0 Å². The Labute approximate surface area is 104 Å². The van der Waals surface area contributed by atoms with Gasteiger partial charge in [-0.25, -0.2) is 0 Å². The lowest BCUT2D eigenvalue weighted by Crippen LogP contribution is -2.03. The molecule has 0 bridgehead atoms. The second kappa shape index (κ2) is 6.84. The standard InChI is InChI=1S/C14H23N3/c1-5-6-7-8-11-9-12(15-2)10-13(16-3)14(11)17-4/h5,9-10,15-17H,1,6-8H2,2-4H3. The third-order valence-electron chi connectivity index (χ3n) is 2.88. The molecule has 0 unspecified atom stereocenters. The molecule has 94 valence electrons. The van der Waals surface area contributed by atoms with Crippen molar-refractivity contribution in [2.45, 2.75) is 19.3 Å². The van der Waals surface area contributed by atoms with Crippen LogP contribution >= 0.6 is 0 Å². The lowest BCUT2D eigenvalue weighted by Gasteiger charge is -2.16. The lowest BCUT2D eigenvalue weighted by atomic mass is 10.0. The van der Waals surface area contributed by atoms with Crippen molar-refractivity contribution in [2.75, 3.05) is 37.1 Å². The number of nitrogens with one attached hydrogen (secondary N) is 3. The van der Waals surface area contributed by atoms with Gasteiger partial charge in [-0.3, -0.25) is 0 Å². The van der Waals surface area contributed by atoms with Crippen LogP contribution in [0.2, 0.25) is 0 Å². The molecule has 0 radical (unpaired) electrons. The van der Waals surface area contributed by atoms with Crippen molar-refractivity contribution in [3.63, 3.8) is 0 Å². The fourth-order valence-electron chi connectivity index (χ4n) is 1.97. The molecule has 0 aliphatic heterocycles. The van der Waals surface area contributed by atoms with Gasteiger partial charge in [-0.1, -0.05) is 6.08 Å². The number of unbranched alkanes of at least 4 members (excludes halogenated alkanes) is 1. The maximum Gasteiger partial charge on any atom is 0.0607 e. The van der Waals surface area contributed by atoms with Crippen molar-refractivity contribution >= 4 is 17.1 Å². The van der Waals surface area contributed by atoms with Crippen molar-refractivity contribution in [2.24, 2.45) is 0 Å². The first-order valence-corrected chi connectivity index (χ1v) is 6.07. The number of rotatable bonds is 7. The van der Waals surface area contributed by atoms with Gasteiger partial charge in [0, 0.05) is 26.8 Å². The fourth-order valence-corrected chi connectivity index (χ4v) is 1.97. The van der Waals surface area contributed by atoms with Gasteiger partial charge < -0.3 is 16.0 Å². The van der Waals surface area contributed by atoms with Crippen LogP contribution in [0, 0.1) is 0 Å². The molecule has 1 aromatic rings.